The van der Waals surface area contributed by atoms with E-state index in [0.717, 1.165) is 16.7 Å². The van der Waals surface area contributed by atoms with Gasteiger partial charge in [0.05, 0.1) is 5.41 Å². The van der Waals surface area contributed by atoms with E-state index in [9.17, 15) is 5.26 Å². The molecule has 182 valence electrons. The van der Waals surface area contributed by atoms with E-state index in [4.69, 9.17) is 0 Å². The van der Waals surface area contributed by atoms with Crippen LogP contribution in [-0.4, -0.2) is 4.98 Å². The predicted octanol–water partition coefficient (Wildman–Crippen LogP) is 8.65. The summed E-state index contributed by atoms with van der Waals surface area (Å²) in [5.74, 6) is 0. The molecule has 0 fully saturated rings. The highest BCUT2D eigenvalue weighted by molar-refractivity contribution is 5.89. The Morgan fingerprint density at radius 1 is 0.487 bits per heavy atom. The van der Waals surface area contributed by atoms with Gasteiger partial charge in [-0.25, -0.2) is 4.98 Å². The number of aromatic nitrogens is 1. The van der Waals surface area contributed by atoms with Crippen LogP contribution in [0.25, 0.3) is 33.4 Å². The van der Waals surface area contributed by atoms with E-state index in [2.05, 4.69) is 138 Å². The molecule has 7 rings (SSSR count). The normalized spacial score (nSPS) is 12.8. The summed E-state index contributed by atoms with van der Waals surface area (Å²) in [7, 11) is 0. The topological polar surface area (TPSA) is 36.7 Å². The van der Waals surface area contributed by atoms with Crippen LogP contribution in [0.5, 0.6) is 0 Å². The lowest BCUT2D eigenvalue weighted by molar-refractivity contribution is 0.768. The third-order valence-electron chi connectivity index (χ3n) is 7.88. The molecule has 0 atom stereocenters. The molecule has 0 spiro atoms. The monoisotopic (exact) mass is 496 g/mol. The highest BCUT2D eigenvalue weighted by Gasteiger charge is 2.45. The van der Waals surface area contributed by atoms with Crippen LogP contribution in [0.1, 0.15) is 27.9 Å². The van der Waals surface area contributed by atoms with Crippen molar-refractivity contribution < 1.29 is 0 Å². The Kier molecular flexibility index (Phi) is 5.43. The van der Waals surface area contributed by atoms with Crippen molar-refractivity contribution in [1.82, 2.24) is 4.98 Å². The van der Waals surface area contributed by atoms with Crippen LogP contribution in [0, 0.1) is 11.3 Å². The molecule has 1 aliphatic rings. The Bertz CT molecular complexity index is 1810. The molecule has 1 aromatic heterocycles. The number of fused-ring (bicyclic) bond motifs is 3. The first kappa shape index (κ1) is 22.9. The number of nitrogens with zero attached hydrogens (tertiary/aromatic N) is 2. The summed E-state index contributed by atoms with van der Waals surface area (Å²) in [5.41, 5.74) is 12.2. The fraction of sp³-hybridized carbons (Fsp3) is 0.0270. The molecule has 0 saturated carbocycles. The van der Waals surface area contributed by atoms with Crippen LogP contribution in [0.15, 0.2) is 146 Å². The van der Waals surface area contributed by atoms with Gasteiger partial charge in [0, 0.05) is 6.20 Å². The maximum absolute atomic E-state index is 9.22. The van der Waals surface area contributed by atoms with Gasteiger partial charge in [0.2, 0.25) is 0 Å². The zero-order valence-electron chi connectivity index (χ0n) is 21.3. The minimum Gasteiger partial charge on any atom is -0.246 e. The van der Waals surface area contributed by atoms with E-state index in [1.165, 1.54) is 38.9 Å². The Hall–Kier alpha value is -5.26. The maximum Gasteiger partial charge on any atom is 0.141 e. The minimum atomic E-state index is -0.378. The summed E-state index contributed by atoms with van der Waals surface area (Å²) in [6.45, 7) is 0. The molecule has 0 N–H and O–H groups in total. The predicted molar refractivity (Wildman–Crippen MR) is 157 cm³/mol. The molecular formula is C37H24N2. The van der Waals surface area contributed by atoms with Gasteiger partial charge in [0.1, 0.15) is 11.8 Å². The third-order valence-corrected chi connectivity index (χ3v) is 7.88. The molecule has 0 aliphatic heterocycles. The first-order valence-electron chi connectivity index (χ1n) is 13.1. The number of nitriles is 1. The second kappa shape index (κ2) is 9.24. The first-order valence-corrected chi connectivity index (χ1v) is 13.1. The Morgan fingerprint density at radius 3 is 1.67 bits per heavy atom. The van der Waals surface area contributed by atoms with Gasteiger partial charge in [-0.3, -0.25) is 0 Å². The van der Waals surface area contributed by atoms with E-state index in [0.29, 0.717) is 5.69 Å². The molecule has 2 heteroatoms. The van der Waals surface area contributed by atoms with Gasteiger partial charge in [0.15, 0.2) is 0 Å². The SMILES string of the molecule is N#Cc1cc(-c2ccc(-c3ccc4c(c3)-c3ccccc3C4(c3ccccc3)c3ccccc3)cc2)ccn1. The second-order valence-electron chi connectivity index (χ2n) is 9.91. The summed E-state index contributed by atoms with van der Waals surface area (Å²) < 4.78 is 0. The van der Waals surface area contributed by atoms with Crippen LogP contribution in [0.4, 0.5) is 0 Å². The molecule has 0 bridgehead atoms. The molecule has 1 aliphatic carbocycles. The summed E-state index contributed by atoms with van der Waals surface area (Å²) in [6.07, 6.45) is 1.69. The van der Waals surface area contributed by atoms with Crippen LogP contribution >= 0.6 is 0 Å². The molecule has 0 unspecified atom stereocenters. The molecule has 5 aromatic carbocycles. The molecule has 0 saturated heterocycles. The number of benzene rings is 5. The molecular weight excluding hydrogens is 472 g/mol. The van der Waals surface area contributed by atoms with E-state index < -0.39 is 0 Å². The van der Waals surface area contributed by atoms with Gasteiger partial charge in [-0.05, 0) is 73.8 Å². The fourth-order valence-electron chi connectivity index (χ4n) is 6.16. The van der Waals surface area contributed by atoms with Crippen LogP contribution in [0.3, 0.4) is 0 Å². The van der Waals surface area contributed by atoms with Gasteiger partial charge in [-0.2, -0.15) is 5.26 Å². The highest BCUT2D eigenvalue weighted by Crippen LogP contribution is 2.56. The van der Waals surface area contributed by atoms with Crippen LogP contribution in [-0.2, 0) is 5.41 Å². The quantitative estimate of drug-likeness (QED) is 0.244. The highest BCUT2D eigenvalue weighted by atomic mass is 14.7. The van der Waals surface area contributed by atoms with Gasteiger partial charge in [-0.15, -0.1) is 0 Å². The number of hydrogen-bond acceptors (Lipinski definition) is 2. The Morgan fingerprint density at radius 2 is 1.03 bits per heavy atom. The third kappa shape index (κ3) is 3.60. The molecule has 39 heavy (non-hydrogen) atoms. The summed E-state index contributed by atoms with van der Waals surface area (Å²) in [4.78, 5) is 4.09. The van der Waals surface area contributed by atoms with Crippen molar-refractivity contribution in [3.05, 3.63) is 174 Å². The number of pyridine rings is 1. The summed E-state index contributed by atoms with van der Waals surface area (Å²) in [6, 6.07) is 51.9. The first-order chi connectivity index (χ1) is 19.3. The minimum absolute atomic E-state index is 0.378. The summed E-state index contributed by atoms with van der Waals surface area (Å²) in [5, 5.41) is 9.22. The summed E-state index contributed by atoms with van der Waals surface area (Å²) >= 11 is 0. The van der Waals surface area contributed by atoms with Gasteiger partial charge in [0.25, 0.3) is 0 Å². The average molecular weight is 497 g/mol. The van der Waals surface area contributed by atoms with Crippen molar-refractivity contribution in [2.24, 2.45) is 0 Å². The largest absolute Gasteiger partial charge is 0.246 e. The molecule has 2 nitrogen and oxygen atoms in total. The second-order valence-corrected chi connectivity index (χ2v) is 9.91. The molecule has 0 radical (unpaired) electrons. The maximum atomic E-state index is 9.22. The van der Waals surface area contributed by atoms with Crippen molar-refractivity contribution in [3.8, 4) is 39.4 Å². The molecule has 0 amide bonds. The van der Waals surface area contributed by atoms with Crippen LogP contribution in [0.2, 0.25) is 0 Å². The average Bonchev–Trinajstić information content (AvgIpc) is 3.32. The van der Waals surface area contributed by atoms with E-state index in [1.54, 1.807) is 6.20 Å². The zero-order chi connectivity index (χ0) is 26.2. The van der Waals surface area contributed by atoms with Gasteiger partial charge >= 0.3 is 0 Å². The number of rotatable bonds is 4. The molecule has 1 heterocycles. The van der Waals surface area contributed by atoms with Gasteiger partial charge in [-0.1, -0.05) is 121 Å². The van der Waals surface area contributed by atoms with Crippen molar-refractivity contribution >= 4 is 0 Å². The van der Waals surface area contributed by atoms with Crippen molar-refractivity contribution in [3.63, 3.8) is 0 Å². The van der Waals surface area contributed by atoms with Crippen LogP contribution < -0.4 is 0 Å². The Balaban J connectivity index is 1.39. The standard InChI is InChI=1S/C37H24N2/c38-25-32-23-29(21-22-39-32)27-17-15-26(16-18-27)28-19-20-36-34(24-28)33-13-7-8-14-35(33)37(36,30-9-3-1-4-10-30)31-11-5-2-6-12-31/h1-24H. The van der Waals surface area contributed by atoms with E-state index in [1.807, 2.05) is 12.1 Å². The fourth-order valence-corrected chi connectivity index (χ4v) is 6.16. The zero-order valence-corrected chi connectivity index (χ0v) is 21.3. The van der Waals surface area contributed by atoms with Crippen molar-refractivity contribution in [2.45, 2.75) is 5.41 Å². The van der Waals surface area contributed by atoms with Crippen molar-refractivity contribution in [2.75, 3.05) is 0 Å². The number of hydrogen-bond donors (Lipinski definition) is 0. The van der Waals surface area contributed by atoms with E-state index in [-0.39, 0.29) is 5.41 Å². The lowest BCUT2D eigenvalue weighted by Gasteiger charge is -2.33. The van der Waals surface area contributed by atoms with Gasteiger partial charge < -0.3 is 0 Å². The lowest BCUT2D eigenvalue weighted by atomic mass is 9.67. The smallest absolute Gasteiger partial charge is 0.141 e. The van der Waals surface area contributed by atoms with Crippen molar-refractivity contribution in [1.29, 1.82) is 5.26 Å². The molecule has 6 aromatic rings. The lowest BCUT2D eigenvalue weighted by Crippen LogP contribution is -2.28. The van der Waals surface area contributed by atoms with E-state index >= 15 is 0 Å². The Labute approximate surface area is 228 Å².